The molecule has 0 amide bonds. The third-order valence-electron chi connectivity index (χ3n) is 2.91. The van der Waals surface area contributed by atoms with Gasteiger partial charge in [0.15, 0.2) is 0 Å². The summed E-state index contributed by atoms with van der Waals surface area (Å²) >= 11 is 1.61. The standard InChI is InChI=1S/C16H16N2S/c1-12(2)14-7-5-13(6-8-14)11-19-16-15(10-17)4-3-9-18-16/h3-9,12H,11H2,1-2H3. The minimum Gasteiger partial charge on any atom is -0.249 e. The van der Waals surface area contributed by atoms with Crippen LogP contribution in [0.1, 0.15) is 36.5 Å². The lowest BCUT2D eigenvalue weighted by Crippen LogP contribution is -1.89. The van der Waals surface area contributed by atoms with Gasteiger partial charge in [0, 0.05) is 11.9 Å². The van der Waals surface area contributed by atoms with Crippen LogP contribution in [0.5, 0.6) is 0 Å². The van der Waals surface area contributed by atoms with E-state index in [1.165, 1.54) is 11.1 Å². The fourth-order valence-corrected chi connectivity index (χ4v) is 2.64. The minimum atomic E-state index is 0.558. The molecule has 0 spiro atoms. The molecular weight excluding hydrogens is 252 g/mol. The molecule has 0 N–H and O–H groups in total. The Morgan fingerprint density at radius 1 is 1.21 bits per heavy atom. The van der Waals surface area contributed by atoms with E-state index in [1.807, 2.05) is 0 Å². The van der Waals surface area contributed by atoms with Gasteiger partial charge in [-0.15, -0.1) is 11.8 Å². The van der Waals surface area contributed by atoms with Gasteiger partial charge in [-0.3, -0.25) is 0 Å². The van der Waals surface area contributed by atoms with Crippen molar-refractivity contribution in [3.63, 3.8) is 0 Å². The first-order valence-electron chi connectivity index (χ1n) is 6.27. The molecule has 0 unspecified atom stereocenters. The summed E-state index contributed by atoms with van der Waals surface area (Å²) in [5, 5.41) is 9.81. The van der Waals surface area contributed by atoms with Crippen LogP contribution in [0.25, 0.3) is 0 Å². The maximum absolute atomic E-state index is 9.01. The highest BCUT2D eigenvalue weighted by Gasteiger charge is 2.04. The topological polar surface area (TPSA) is 36.7 Å². The molecule has 0 bridgehead atoms. The monoisotopic (exact) mass is 268 g/mol. The lowest BCUT2D eigenvalue weighted by Gasteiger charge is -2.07. The van der Waals surface area contributed by atoms with Gasteiger partial charge in [0.1, 0.15) is 11.1 Å². The molecule has 1 heterocycles. The Kier molecular flexibility index (Phi) is 4.59. The smallest absolute Gasteiger partial charge is 0.114 e. The van der Waals surface area contributed by atoms with Crippen LogP contribution in [0.15, 0.2) is 47.6 Å². The van der Waals surface area contributed by atoms with Gasteiger partial charge in [0.25, 0.3) is 0 Å². The zero-order valence-corrected chi connectivity index (χ0v) is 11.9. The number of thioether (sulfide) groups is 1. The molecule has 0 saturated heterocycles. The van der Waals surface area contributed by atoms with E-state index in [1.54, 1.807) is 30.1 Å². The first kappa shape index (κ1) is 13.6. The molecule has 2 rings (SSSR count). The van der Waals surface area contributed by atoms with Crippen molar-refractivity contribution >= 4 is 11.8 Å². The van der Waals surface area contributed by atoms with Crippen LogP contribution in [-0.4, -0.2) is 4.98 Å². The highest BCUT2D eigenvalue weighted by molar-refractivity contribution is 7.98. The maximum atomic E-state index is 9.01. The number of nitrogens with zero attached hydrogens (tertiary/aromatic N) is 2. The molecule has 3 heteroatoms. The van der Waals surface area contributed by atoms with E-state index < -0.39 is 0 Å². The summed E-state index contributed by atoms with van der Waals surface area (Å²) in [5.41, 5.74) is 3.25. The fourth-order valence-electron chi connectivity index (χ4n) is 1.74. The predicted octanol–water partition coefficient (Wildman–Crippen LogP) is 4.37. The van der Waals surface area contributed by atoms with E-state index in [4.69, 9.17) is 5.26 Å². The number of hydrogen-bond acceptors (Lipinski definition) is 3. The lowest BCUT2D eigenvalue weighted by molar-refractivity contribution is 0.866. The molecule has 0 atom stereocenters. The summed E-state index contributed by atoms with van der Waals surface area (Å²) in [4.78, 5) is 4.25. The minimum absolute atomic E-state index is 0.558. The Bertz CT molecular complexity index is 582. The van der Waals surface area contributed by atoms with Crippen molar-refractivity contribution in [3.8, 4) is 6.07 Å². The third-order valence-corrected chi connectivity index (χ3v) is 3.99. The largest absolute Gasteiger partial charge is 0.249 e. The Balaban J connectivity index is 2.04. The summed E-state index contributed by atoms with van der Waals surface area (Å²) in [6, 6.07) is 14.4. The molecule has 96 valence electrons. The second-order valence-electron chi connectivity index (χ2n) is 4.65. The number of nitriles is 1. The van der Waals surface area contributed by atoms with Gasteiger partial charge >= 0.3 is 0 Å². The zero-order chi connectivity index (χ0) is 13.7. The Morgan fingerprint density at radius 3 is 2.58 bits per heavy atom. The van der Waals surface area contributed by atoms with Crippen LogP contribution in [0.4, 0.5) is 0 Å². The van der Waals surface area contributed by atoms with E-state index in [2.05, 4.69) is 49.2 Å². The van der Waals surface area contributed by atoms with Crippen molar-refractivity contribution in [1.82, 2.24) is 4.98 Å². The van der Waals surface area contributed by atoms with Crippen molar-refractivity contribution < 1.29 is 0 Å². The van der Waals surface area contributed by atoms with Crippen molar-refractivity contribution in [2.24, 2.45) is 0 Å². The first-order chi connectivity index (χ1) is 9.20. The van der Waals surface area contributed by atoms with E-state index in [9.17, 15) is 0 Å². The first-order valence-corrected chi connectivity index (χ1v) is 7.26. The quantitative estimate of drug-likeness (QED) is 0.773. The number of rotatable bonds is 4. The average molecular weight is 268 g/mol. The Morgan fingerprint density at radius 2 is 1.95 bits per heavy atom. The van der Waals surface area contributed by atoms with Gasteiger partial charge in [-0.05, 0) is 29.2 Å². The fraction of sp³-hybridized carbons (Fsp3) is 0.250. The SMILES string of the molecule is CC(C)c1ccc(CSc2ncccc2C#N)cc1. The second-order valence-corrected chi connectivity index (χ2v) is 5.62. The summed E-state index contributed by atoms with van der Waals surface area (Å²) < 4.78 is 0. The molecule has 1 aromatic heterocycles. The summed E-state index contributed by atoms with van der Waals surface area (Å²) in [6.07, 6.45) is 1.73. The molecule has 0 aliphatic carbocycles. The summed E-state index contributed by atoms with van der Waals surface area (Å²) in [6.45, 7) is 4.38. The van der Waals surface area contributed by atoms with Crippen LogP contribution in [-0.2, 0) is 5.75 Å². The van der Waals surface area contributed by atoms with Crippen molar-refractivity contribution in [1.29, 1.82) is 5.26 Å². The van der Waals surface area contributed by atoms with Gasteiger partial charge < -0.3 is 0 Å². The lowest BCUT2D eigenvalue weighted by atomic mass is 10.0. The van der Waals surface area contributed by atoms with E-state index in [0.29, 0.717) is 11.5 Å². The number of aromatic nitrogens is 1. The molecule has 0 saturated carbocycles. The predicted molar refractivity (Wildman–Crippen MR) is 79.0 cm³/mol. The zero-order valence-electron chi connectivity index (χ0n) is 11.1. The number of benzene rings is 1. The molecule has 0 radical (unpaired) electrons. The van der Waals surface area contributed by atoms with Crippen LogP contribution in [0.2, 0.25) is 0 Å². The van der Waals surface area contributed by atoms with Crippen molar-refractivity contribution in [2.45, 2.75) is 30.5 Å². The highest BCUT2D eigenvalue weighted by atomic mass is 32.2. The normalized spacial score (nSPS) is 10.4. The Labute approximate surface area is 118 Å². The number of hydrogen-bond donors (Lipinski definition) is 0. The van der Waals surface area contributed by atoms with Crippen LogP contribution >= 0.6 is 11.8 Å². The third kappa shape index (κ3) is 3.59. The summed E-state index contributed by atoms with van der Waals surface area (Å²) in [7, 11) is 0. The molecule has 0 fully saturated rings. The molecule has 1 aromatic carbocycles. The van der Waals surface area contributed by atoms with Gasteiger partial charge in [0.2, 0.25) is 0 Å². The van der Waals surface area contributed by atoms with E-state index in [-0.39, 0.29) is 0 Å². The second kappa shape index (κ2) is 6.40. The summed E-state index contributed by atoms with van der Waals surface area (Å²) in [5.74, 6) is 1.40. The van der Waals surface area contributed by atoms with Crippen LogP contribution in [0.3, 0.4) is 0 Å². The van der Waals surface area contributed by atoms with Crippen molar-refractivity contribution in [3.05, 3.63) is 59.3 Å². The Hall–Kier alpha value is -1.79. The maximum Gasteiger partial charge on any atom is 0.114 e. The molecular formula is C16H16N2S. The van der Waals surface area contributed by atoms with Gasteiger partial charge in [-0.25, -0.2) is 4.98 Å². The van der Waals surface area contributed by atoms with Crippen LogP contribution in [0, 0.1) is 11.3 Å². The molecule has 0 aliphatic rings. The van der Waals surface area contributed by atoms with Crippen LogP contribution < -0.4 is 0 Å². The van der Waals surface area contributed by atoms with E-state index >= 15 is 0 Å². The van der Waals surface area contributed by atoms with Crippen molar-refractivity contribution in [2.75, 3.05) is 0 Å². The highest BCUT2D eigenvalue weighted by Crippen LogP contribution is 2.24. The van der Waals surface area contributed by atoms with Gasteiger partial charge in [-0.2, -0.15) is 5.26 Å². The number of pyridine rings is 1. The average Bonchev–Trinajstić information content (AvgIpc) is 2.45. The molecule has 2 nitrogen and oxygen atoms in total. The molecule has 2 aromatic rings. The molecule has 19 heavy (non-hydrogen) atoms. The molecule has 0 aliphatic heterocycles. The van der Waals surface area contributed by atoms with E-state index in [0.717, 1.165) is 10.8 Å². The van der Waals surface area contributed by atoms with Gasteiger partial charge in [-0.1, -0.05) is 38.1 Å². The van der Waals surface area contributed by atoms with Gasteiger partial charge in [0.05, 0.1) is 5.56 Å².